The molecule has 0 aliphatic heterocycles. The number of carbonyl (C=O) groups excluding carboxylic acids is 1. The topological polar surface area (TPSA) is 159 Å². The zero-order valence-electron chi connectivity index (χ0n) is 17.6. The van der Waals surface area contributed by atoms with E-state index in [1.165, 1.54) is 40.6 Å². The first kappa shape index (κ1) is 24.0. The predicted octanol–water partition coefficient (Wildman–Crippen LogP) is 3.39. The van der Waals surface area contributed by atoms with Crippen LogP contribution in [0.2, 0.25) is 0 Å². The summed E-state index contributed by atoms with van der Waals surface area (Å²) in [5.41, 5.74) is -0.652. The van der Waals surface area contributed by atoms with Crippen molar-refractivity contribution in [2.75, 3.05) is 28.4 Å². The minimum absolute atomic E-state index is 0.0293. The Bertz CT molecular complexity index is 943. The molecule has 0 aliphatic rings. The summed E-state index contributed by atoms with van der Waals surface area (Å²) in [4.78, 5) is 33.3. The molecule has 0 atom stereocenters. The highest BCUT2D eigenvalue weighted by molar-refractivity contribution is 5.62. The zero-order valence-corrected chi connectivity index (χ0v) is 17.6. The Balaban J connectivity index is 2.15. The van der Waals surface area contributed by atoms with Gasteiger partial charge in [-0.25, -0.2) is 4.79 Å². The molecule has 0 radical (unpaired) electrons. The molecule has 0 unspecified atom stereocenters. The second-order valence-electron chi connectivity index (χ2n) is 6.01. The van der Waals surface area contributed by atoms with Gasteiger partial charge in [-0.15, -0.1) is 0 Å². The first-order valence-corrected chi connectivity index (χ1v) is 8.83. The van der Waals surface area contributed by atoms with Gasteiger partial charge in [0.1, 0.15) is 13.2 Å². The number of carbonyl (C=O) groups is 1. The molecule has 0 N–H and O–H groups in total. The summed E-state index contributed by atoms with van der Waals surface area (Å²) in [5.74, 6) is 0.662. The molecule has 0 amide bonds. The second kappa shape index (κ2) is 10.7. The van der Waals surface area contributed by atoms with Gasteiger partial charge in [0, 0.05) is 0 Å². The molecular weight excluding hydrogens is 432 g/mol. The van der Waals surface area contributed by atoms with Crippen molar-refractivity contribution in [3.05, 3.63) is 55.6 Å². The summed E-state index contributed by atoms with van der Waals surface area (Å²) in [6.07, 6.45) is -1.20. The number of benzene rings is 2. The summed E-state index contributed by atoms with van der Waals surface area (Å²) in [6.45, 7) is -1.02. The molecule has 32 heavy (non-hydrogen) atoms. The Morgan fingerprint density at radius 1 is 0.688 bits per heavy atom. The van der Waals surface area contributed by atoms with Gasteiger partial charge in [-0.2, -0.15) is 0 Å². The molecule has 0 aliphatic carbocycles. The number of nitrogens with zero attached hydrogens (tertiary/aromatic N) is 2. The van der Waals surface area contributed by atoms with E-state index in [-0.39, 0.29) is 45.5 Å². The Morgan fingerprint density at radius 2 is 1.00 bits per heavy atom. The highest BCUT2D eigenvalue weighted by Gasteiger charge is 2.23. The van der Waals surface area contributed by atoms with Crippen LogP contribution in [0.25, 0.3) is 0 Å². The van der Waals surface area contributed by atoms with E-state index in [2.05, 4.69) is 0 Å². The first-order valence-electron chi connectivity index (χ1n) is 8.83. The largest absolute Gasteiger partial charge is 0.508 e. The number of rotatable bonds is 10. The van der Waals surface area contributed by atoms with Gasteiger partial charge in [-0.1, -0.05) is 0 Å². The summed E-state index contributed by atoms with van der Waals surface area (Å²) in [7, 11) is 5.34. The lowest BCUT2D eigenvalue weighted by Gasteiger charge is -2.12. The lowest BCUT2D eigenvalue weighted by atomic mass is 10.1. The van der Waals surface area contributed by atoms with E-state index < -0.39 is 29.2 Å². The van der Waals surface area contributed by atoms with Gasteiger partial charge in [-0.3, -0.25) is 20.2 Å². The van der Waals surface area contributed by atoms with Crippen LogP contribution >= 0.6 is 0 Å². The number of hydrogen-bond donors (Lipinski definition) is 0. The molecule has 0 saturated carbocycles. The maximum Gasteiger partial charge on any atom is 0.508 e. The highest BCUT2D eigenvalue weighted by atomic mass is 16.7. The van der Waals surface area contributed by atoms with Gasteiger partial charge in [0.15, 0.2) is 23.0 Å². The molecule has 2 aromatic rings. The van der Waals surface area contributed by atoms with Crippen LogP contribution in [0.3, 0.4) is 0 Å². The standard InChI is InChI=1S/C19H20N2O11/c1-27-15-5-11(13(20(23)24)7-17(15)29-3)9-31-19(22)32-10-12-6-16(28-2)18(30-4)8-14(12)21(25)26/h5-8H,9-10H2,1-4H3. The third-order valence-corrected chi connectivity index (χ3v) is 4.25. The van der Waals surface area contributed by atoms with Gasteiger partial charge in [0.2, 0.25) is 0 Å². The van der Waals surface area contributed by atoms with E-state index in [4.69, 9.17) is 28.4 Å². The molecular formula is C19H20N2O11. The molecule has 13 nitrogen and oxygen atoms in total. The average molecular weight is 452 g/mol. The Kier molecular flexibility index (Phi) is 7.98. The third-order valence-electron chi connectivity index (χ3n) is 4.25. The van der Waals surface area contributed by atoms with E-state index in [1.807, 2.05) is 0 Å². The molecule has 172 valence electrons. The Hall–Kier alpha value is -4.29. The molecule has 13 heteroatoms. The molecule has 2 rings (SSSR count). The van der Waals surface area contributed by atoms with Gasteiger partial charge in [0.05, 0.1) is 61.5 Å². The van der Waals surface area contributed by atoms with E-state index in [0.717, 1.165) is 12.1 Å². The Labute approximate surface area is 181 Å². The van der Waals surface area contributed by atoms with Gasteiger partial charge >= 0.3 is 6.16 Å². The van der Waals surface area contributed by atoms with Crippen LogP contribution in [0, 0.1) is 20.2 Å². The van der Waals surface area contributed by atoms with Gasteiger partial charge in [0.25, 0.3) is 11.4 Å². The van der Waals surface area contributed by atoms with Crippen LogP contribution in [0.4, 0.5) is 16.2 Å². The van der Waals surface area contributed by atoms with Crippen molar-refractivity contribution in [3.63, 3.8) is 0 Å². The lowest BCUT2D eigenvalue weighted by Crippen LogP contribution is -2.10. The second-order valence-corrected chi connectivity index (χ2v) is 6.01. The molecule has 0 fully saturated rings. The van der Waals surface area contributed by atoms with E-state index in [1.54, 1.807) is 0 Å². The molecule has 0 heterocycles. The van der Waals surface area contributed by atoms with E-state index >= 15 is 0 Å². The predicted molar refractivity (Wildman–Crippen MR) is 107 cm³/mol. The molecule has 0 aromatic heterocycles. The monoisotopic (exact) mass is 452 g/mol. The van der Waals surface area contributed by atoms with E-state index in [9.17, 15) is 25.0 Å². The number of nitro benzene ring substituents is 2. The zero-order chi connectivity index (χ0) is 23.8. The molecule has 2 aromatic carbocycles. The van der Waals surface area contributed by atoms with Crippen LogP contribution in [0.1, 0.15) is 11.1 Å². The van der Waals surface area contributed by atoms with E-state index in [0.29, 0.717) is 0 Å². The van der Waals surface area contributed by atoms with Crippen LogP contribution in [0.15, 0.2) is 24.3 Å². The van der Waals surface area contributed by atoms with Crippen molar-refractivity contribution < 1.29 is 43.1 Å². The minimum atomic E-state index is -1.20. The summed E-state index contributed by atoms with van der Waals surface area (Å²) < 4.78 is 30.1. The van der Waals surface area contributed by atoms with Gasteiger partial charge < -0.3 is 28.4 Å². The number of hydrogen-bond acceptors (Lipinski definition) is 11. The summed E-state index contributed by atoms with van der Waals surface area (Å²) >= 11 is 0. The smallest absolute Gasteiger partial charge is 0.493 e. The van der Waals surface area contributed by atoms with Crippen molar-refractivity contribution in [2.24, 2.45) is 0 Å². The maximum atomic E-state index is 12.0. The molecule has 0 bridgehead atoms. The summed E-state index contributed by atoms with van der Waals surface area (Å²) in [6, 6.07) is 4.86. The van der Waals surface area contributed by atoms with Gasteiger partial charge in [-0.05, 0) is 12.1 Å². The van der Waals surface area contributed by atoms with Crippen LogP contribution in [-0.2, 0) is 22.7 Å². The Morgan fingerprint density at radius 3 is 1.28 bits per heavy atom. The lowest BCUT2D eigenvalue weighted by molar-refractivity contribution is -0.386. The summed E-state index contributed by atoms with van der Waals surface area (Å²) in [5, 5.41) is 22.6. The average Bonchev–Trinajstić information content (AvgIpc) is 2.79. The fourth-order valence-corrected chi connectivity index (χ4v) is 2.71. The minimum Gasteiger partial charge on any atom is -0.493 e. The first-order chi connectivity index (χ1) is 15.2. The normalized spacial score (nSPS) is 10.1. The van der Waals surface area contributed by atoms with Crippen molar-refractivity contribution in [1.29, 1.82) is 0 Å². The van der Waals surface area contributed by atoms with Crippen molar-refractivity contribution in [1.82, 2.24) is 0 Å². The molecule has 0 spiro atoms. The quantitative estimate of drug-likeness (QED) is 0.295. The van der Waals surface area contributed by atoms with Crippen LogP contribution < -0.4 is 18.9 Å². The number of nitro groups is 2. The van der Waals surface area contributed by atoms with Crippen LogP contribution in [-0.4, -0.2) is 44.4 Å². The maximum absolute atomic E-state index is 12.0. The van der Waals surface area contributed by atoms with Crippen molar-refractivity contribution in [2.45, 2.75) is 13.2 Å². The van der Waals surface area contributed by atoms with Crippen molar-refractivity contribution in [3.8, 4) is 23.0 Å². The SMILES string of the molecule is COc1cc(COC(=O)OCc2cc(OC)c(OC)cc2[N+](=O)[O-])c([N+](=O)[O-])cc1OC. The fourth-order valence-electron chi connectivity index (χ4n) is 2.71. The fraction of sp³-hybridized carbons (Fsp3) is 0.316. The number of methoxy groups -OCH3 is 4. The molecule has 0 saturated heterocycles. The highest BCUT2D eigenvalue weighted by Crippen LogP contribution is 2.36. The van der Waals surface area contributed by atoms with Crippen LogP contribution in [0.5, 0.6) is 23.0 Å². The number of ether oxygens (including phenoxy) is 6. The van der Waals surface area contributed by atoms with Crippen molar-refractivity contribution >= 4 is 17.5 Å². The third kappa shape index (κ3) is 5.44.